The molecular formula is C15H17NO. The van der Waals surface area contributed by atoms with E-state index >= 15 is 0 Å². The van der Waals surface area contributed by atoms with Crippen molar-refractivity contribution in [1.82, 2.24) is 5.32 Å². The van der Waals surface area contributed by atoms with Crippen molar-refractivity contribution in [2.75, 3.05) is 14.2 Å². The van der Waals surface area contributed by atoms with Gasteiger partial charge in [-0.2, -0.15) is 0 Å². The molecule has 17 heavy (non-hydrogen) atoms. The van der Waals surface area contributed by atoms with Gasteiger partial charge in [-0.05, 0) is 35.9 Å². The highest BCUT2D eigenvalue weighted by Gasteiger charge is 1.98. The first-order chi connectivity index (χ1) is 8.33. The van der Waals surface area contributed by atoms with E-state index in [4.69, 9.17) is 4.74 Å². The minimum Gasteiger partial charge on any atom is -0.497 e. The van der Waals surface area contributed by atoms with Gasteiger partial charge in [-0.1, -0.05) is 36.4 Å². The molecule has 2 aromatic rings. The lowest BCUT2D eigenvalue weighted by Crippen LogP contribution is -2.04. The molecule has 1 N–H and O–H groups in total. The average Bonchev–Trinajstić information content (AvgIpc) is 2.40. The first-order valence-electron chi connectivity index (χ1n) is 5.71. The van der Waals surface area contributed by atoms with Crippen molar-refractivity contribution in [3.63, 3.8) is 0 Å². The van der Waals surface area contributed by atoms with E-state index in [-0.39, 0.29) is 0 Å². The summed E-state index contributed by atoms with van der Waals surface area (Å²) in [5.41, 5.74) is 3.74. The second-order valence-corrected chi connectivity index (χ2v) is 3.96. The van der Waals surface area contributed by atoms with E-state index < -0.39 is 0 Å². The molecule has 0 aliphatic rings. The van der Waals surface area contributed by atoms with E-state index in [2.05, 4.69) is 41.7 Å². The van der Waals surface area contributed by atoms with E-state index in [0.717, 1.165) is 12.3 Å². The van der Waals surface area contributed by atoms with Crippen LogP contribution in [0, 0.1) is 0 Å². The van der Waals surface area contributed by atoms with Crippen molar-refractivity contribution >= 4 is 0 Å². The van der Waals surface area contributed by atoms with Gasteiger partial charge in [0.15, 0.2) is 0 Å². The SMILES string of the molecule is CNCc1ccc(-c2ccc(OC)cc2)cc1. The summed E-state index contributed by atoms with van der Waals surface area (Å²) in [5, 5.41) is 3.14. The highest BCUT2D eigenvalue weighted by Crippen LogP contribution is 2.22. The van der Waals surface area contributed by atoms with Crippen LogP contribution in [0.2, 0.25) is 0 Å². The van der Waals surface area contributed by atoms with Gasteiger partial charge in [0.05, 0.1) is 7.11 Å². The number of rotatable bonds is 4. The number of methoxy groups -OCH3 is 1. The van der Waals surface area contributed by atoms with Crippen LogP contribution in [-0.2, 0) is 6.54 Å². The number of nitrogens with one attached hydrogen (secondary N) is 1. The second kappa shape index (κ2) is 5.51. The normalized spacial score (nSPS) is 10.2. The summed E-state index contributed by atoms with van der Waals surface area (Å²) in [6.07, 6.45) is 0. The van der Waals surface area contributed by atoms with E-state index in [1.54, 1.807) is 7.11 Å². The Morgan fingerprint density at radius 3 is 1.88 bits per heavy atom. The Morgan fingerprint density at radius 1 is 0.882 bits per heavy atom. The maximum Gasteiger partial charge on any atom is 0.118 e. The van der Waals surface area contributed by atoms with Gasteiger partial charge in [0.25, 0.3) is 0 Å². The highest BCUT2D eigenvalue weighted by molar-refractivity contribution is 5.64. The van der Waals surface area contributed by atoms with Crippen LogP contribution in [0.5, 0.6) is 5.75 Å². The van der Waals surface area contributed by atoms with Gasteiger partial charge in [0.1, 0.15) is 5.75 Å². The van der Waals surface area contributed by atoms with Crippen LogP contribution in [0.25, 0.3) is 11.1 Å². The molecule has 0 radical (unpaired) electrons. The number of hydrogen-bond acceptors (Lipinski definition) is 2. The van der Waals surface area contributed by atoms with Gasteiger partial charge >= 0.3 is 0 Å². The quantitative estimate of drug-likeness (QED) is 0.866. The number of ether oxygens (including phenoxy) is 1. The summed E-state index contributed by atoms with van der Waals surface area (Å²) in [5.74, 6) is 0.889. The first kappa shape index (κ1) is 11.7. The Hall–Kier alpha value is -1.80. The Morgan fingerprint density at radius 2 is 1.41 bits per heavy atom. The van der Waals surface area contributed by atoms with Gasteiger partial charge in [0.2, 0.25) is 0 Å². The Labute approximate surface area is 102 Å². The maximum absolute atomic E-state index is 5.15. The molecule has 0 aromatic heterocycles. The Kier molecular flexibility index (Phi) is 3.78. The Balaban J connectivity index is 2.20. The lowest BCUT2D eigenvalue weighted by Gasteiger charge is -2.05. The second-order valence-electron chi connectivity index (χ2n) is 3.96. The van der Waals surface area contributed by atoms with Crippen LogP contribution in [-0.4, -0.2) is 14.2 Å². The van der Waals surface area contributed by atoms with Crippen LogP contribution in [0.1, 0.15) is 5.56 Å². The molecule has 2 nitrogen and oxygen atoms in total. The van der Waals surface area contributed by atoms with Crippen LogP contribution in [0.4, 0.5) is 0 Å². The molecule has 2 heteroatoms. The van der Waals surface area contributed by atoms with Crippen LogP contribution >= 0.6 is 0 Å². The van der Waals surface area contributed by atoms with Crippen LogP contribution < -0.4 is 10.1 Å². The van der Waals surface area contributed by atoms with Crippen LogP contribution in [0.15, 0.2) is 48.5 Å². The minimum absolute atomic E-state index is 0.889. The number of hydrogen-bond donors (Lipinski definition) is 1. The fourth-order valence-electron chi connectivity index (χ4n) is 1.80. The van der Waals surface area contributed by atoms with E-state index in [9.17, 15) is 0 Å². The highest BCUT2D eigenvalue weighted by atomic mass is 16.5. The van der Waals surface area contributed by atoms with Crippen LogP contribution in [0.3, 0.4) is 0 Å². The zero-order chi connectivity index (χ0) is 12.1. The average molecular weight is 227 g/mol. The van der Waals surface area contributed by atoms with Crippen molar-refractivity contribution in [2.24, 2.45) is 0 Å². The van der Waals surface area contributed by atoms with E-state index in [1.165, 1.54) is 16.7 Å². The van der Waals surface area contributed by atoms with Gasteiger partial charge < -0.3 is 10.1 Å². The predicted octanol–water partition coefficient (Wildman–Crippen LogP) is 3.08. The summed E-state index contributed by atoms with van der Waals surface area (Å²) in [4.78, 5) is 0. The van der Waals surface area contributed by atoms with Crippen molar-refractivity contribution in [3.05, 3.63) is 54.1 Å². The van der Waals surface area contributed by atoms with Crippen molar-refractivity contribution in [2.45, 2.75) is 6.54 Å². The molecule has 0 heterocycles. The molecule has 0 aliphatic carbocycles. The lowest BCUT2D eigenvalue weighted by molar-refractivity contribution is 0.415. The molecule has 88 valence electrons. The summed E-state index contributed by atoms with van der Waals surface area (Å²) in [6, 6.07) is 16.7. The van der Waals surface area contributed by atoms with Gasteiger partial charge in [-0.25, -0.2) is 0 Å². The van der Waals surface area contributed by atoms with Gasteiger partial charge in [-0.15, -0.1) is 0 Å². The summed E-state index contributed by atoms with van der Waals surface area (Å²) < 4.78 is 5.15. The molecule has 0 aliphatic heterocycles. The zero-order valence-electron chi connectivity index (χ0n) is 10.2. The largest absolute Gasteiger partial charge is 0.497 e. The van der Waals surface area contributed by atoms with Crippen molar-refractivity contribution < 1.29 is 4.74 Å². The maximum atomic E-state index is 5.15. The third-order valence-electron chi connectivity index (χ3n) is 2.76. The topological polar surface area (TPSA) is 21.3 Å². The third kappa shape index (κ3) is 2.86. The molecule has 2 rings (SSSR count). The molecule has 0 saturated heterocycles. The molecule has 0 amide bonds. The molecule has 0 fully saturated rings. The third-order valence-corrected chi connectivity index (χ3v) is 2.76. The predicted molar refractivity (Wildman–Crippen MR) is 71.2 cm³/mol. The fraction of sp³-hybridized carbons (Fsp3) is 0.200. The summed E-state index contributed by atoms with van der Waals surface area (Å²) in [7, 11) is 3.64. The molecule has 2 aromatic carbocycles. The lowest BCUT2D eigenvalue weighted by atomic mass is 10.0. The molecule has 0 spiro atoms. The molecule has 0 atom stereocenters. The molecule has 0 unspecified atom stereocenters. The van der Waals surface area contributed by atoms with E-state index in [1.807, 2.05) is 19.2 Å². The fourth-order valence-corrected chi connectivity index (χ4v) is 1.80. The Bertz CT molecular complexity index is 459. The van der Waals surface area contributed by atoms with Gasteiger partial charge in [-0.3, -0.25) is 0 Å². The van der Waals surface area contributed by atoms with Crippen molar-refractivity contribution in [3.8, 4) is 16.9 Å². The number of benzene rings is 2. The summed E-state index contributed by atoms with van der Waals surface area (Å²) >= 11 is 0. The van der Waals surface area contributed by atoms with Crippen molar-refractivity contribution in [1.29, 1.82) is 0 Å². The van der Waals surface area contributed by atoms with Gasteiger partial charge in [0, 0.05) is 6.54 Å². The first-order valence-corrected chi connectivity index (χ1v) is 5.71. The molecular weight excluding hydrogens is 210 g/mol. The minimum atomic E-state index is 0.889. The smallest absolute Gasteiger partial charge is 0.118 e. The zero-order valence-corrected chi connectivity index (χ0v) is 10.2. The summed E-state index contributed by atoms with van der Waals surface area (Å²) in [6.45, 7) is 0.906. The standard InChI is InChI=1S/C15H17NO/c1-16-11-12-3-5-13(6-4-12)14-7-9-15(17-2)10-8-14/h3-10,16H,11H2,1-2H3. The van der Waals surface area contributed by atoms with E-state index in [0.29, 0.717) is 0 Å². The monoisotopic (exact) mass is 227 g/mol. The molecule has 0 saturated carbocycles. The molecule has 0 bridgehead atoms.